The first kappa shape index (κ1) is 12.4. The molecule has 0 aromatic carbocycles. The van der Waals surface area contributed by atoms with Crippen molar-refractivity contribution < 1.29 is 9.90 Å². The molecular formula is C9H20N2O2. The Morgan fingerprint density at radius 1 is 1.31 bits per heavy atom. The largest absolute Gasteiger partial charge is 0.394 e. The standard InChI is InChI=1S/C9H20N2O2/c1-8(2,6-12)11-7(13)9(3,4)10-5/h10,12H,6H2,1-5H3,(H,11,13). The van der Waals surface area contributed by atoms with Crippen molar-refractivity contribution in [1.29, 1.82) is 0 Å². The number of aliphatic hydroxyl groups is 1. The summed E-state index contributed by atoms with van der Waals surface area (Å²) in [6.07, 6.45) is 0. The first-order chi connectivity index (χ1) is 5.75. The average Bonchev–Trinajstić information content (AvgIpc) is 2.04. The summed E-state index contributed by atoms with van der Waals surface area (Å²) in [7, 11) is 1.73. The summed E-state index contributed by atoms with van der Waals surface area (Å²) in [4.78, 5) is 11.6. The van der Waals surface area contributed by atoms with Crippen molar-refractivity contribution >= 4 is 5.91 Å². The summed E-state index contributed by atoms with van der Waals surface area (Å²) in [6, 6.07) is 0. The molecule has 0 aliphatic rings. The summed E-state index contributed by atoms with van der Waals surface area (Å²) in [6.45, 7) is 7.05. The molecule has 0 radical (unpaired) electrons. The van der Waals surface area contributed by atoms with Crippen LogP contribution in [0.1, 0.15) is 27.7 Å². The lowest BCUT2D eigenvalue weighted by molar-refractivity contribution is -0.128. The van der Waals surface area contributed by atoms with Crippen molar-refractivity contribution in [3.05, 3.63) is 0 Å². The molecule has 0 atom stereocenters. The van der Waals surface area contributed by atoms with Crippen molar-refractivity contribution in [2.24, 2.45) is 0 Å². The van der Waals surface area contributed by atoms with E-state index in [1.807, 2.05) is 0 Å². The van der Waals surface area contributed by atoms with Crippen LogP contribution in [-0.2, 0) is 4.79 Å². The van der Waals surface area contributed by atoms with Crippen LogP contribution in [0.2, 0.25) is 0 Å². The molecule has 3 N–H and O–H groups in total. The second kappa shape index (κ2) is 4.07. The molecule has 0 spiro atoms. The van der Waals surface area contributed by atoms with Crippen molar-refractivity contribution in [3.63, 3.8) is 0 Å². The lowest BCUT2D eigenvalue weighted by atomic mass is 10.0. The van der Waals surface area contributed by atoms with Crippen LogP contribution in [0.3, 0.4) is 0 Å². The first-order valence-electron chi connectivity index (χ1n) is 4.37. The Labute approximate surface area is 79.7 Å². The molecule has 0 aromatic rings. The van der Waals surface area contributed by atoms with Crippen LogP contribution in [0.25, 0.3) is 0 Å². The number of hydrogen-bond acceptors (Lipinski definition) is 3. The Kier molecular flexibility index (Phi) is 3.88. The number of likely N-dealkylation sites (N-methyl/N-ethyl adjacent to an activating group) is 1. The van der Waals surface area contributed by atoms with Crippen molar-refractivity contribution in [1.82, 2.24) is 10.6 Å². The maximum Gasteiger partial charge on any atom is 0.240 e. The van der Waals surface area contributed by atoms with Crippen LogP contribution in [0, 0.1) is 0 Å². The van der Waals surface area contributed by atoms with Gasteiger partial charge in [-0.1, -0.05) is 0 Å². The van der Waals surface area contributed by atoms with E-state index < -0.39 is 11.1 Å². The quantitative estimate of drug-likeness (QED) is 0.576. The van der Waals surface area contributed by atoms with Gasteiger partial charge in [0.05, 0.1) is 17.7 Å². The van der Waals surface area contributed by atoms with E-state index in [0.717, 1.165) is 0 Å². The van der Waals surface area contributed by atoms with E-state index in [4.69, 9.17) is 5.11 Å². The van der Waals surface area contributed by atoms with Crippen molar-refractivity contribution in [2.75, 3.05) is 13.7 Å². The highest BCUT2D eigenvalue weighted by atomic mass is 16.3. The molecule has 13 heavy (non-hydrogen) atoms. The zero-order chi connectivity index (χ0) is 10.7. The number of carbonyl (C=O) groups excluding carboxylic acids is 1. The fourth-order valence-corrected chi connectivity index (χ4v) is 0.617. The van der Waals surface area contributed by atoms with Gasteiger partial charge in [-0.2, -0.15) is 0 Å². The lowest BCUT2D eigenvalue weighted by Crippen LogP contribution is -2.57. The van der Waals surface area contributed by atoms with Crippen molar-refractivity contribution in [2.45, 2.75) is 38.8 Å². The maximum atomic E-state index is 11.6. The van der Waals surface area contributed by atoms with E-state index in [0.29, 0.717) is 0 Å². The molecule has 0 heterocycles. The first-order valence-corrected chi connectivity index (χ1v) is 4.37. The number of hydrogen-bond donors (Lipinski definition) is 3. The van der Waals surface area contributed by atoms with Crippen LogP contribution in [0.5, 0.6) is 0 Å². The topological polar surface area (TPSA) is 61.4 Å². The molecule has 4 heteroatoms. The lowest BCUT2D eigenvalue weighted by Gasteiger charge is -2.30. The third-order valence-electron chi connectivity index (χ3n) is 2.04. The summed E-state index contributed by atoms with van der Waals surface area (Å²) in [5, 5.41) is 14.6. The van der Waals surface area contributed by atoms with Crippen LogP contribution in [0.15, 0.2) is 0 Å². The molecule has 0 aromatic heterocycles. The Morgan fingerprint density at radius 2 is 1.77 bits per heavy atom. The third-order valence-corrected chi connectivity index (χ3v) is 2.04. The van der Waals surface area contributed by atoms with E-state index >= 15 is 0 Å². The number of amides is 1. The minimum atomic E-state index is -0.605. The molecule has 0 saturated heterocycles. The number of aliphatic hydroxyl groups excluding tert-OH is 1. The number of carbonyl (C=O) groups is 1. The molecule has 0 rings (SSSR count). The Morgan fingerprint density at radius 3 is 2.08 bits per heavy atom. The summed E-state index contributed by atoms with van der Waals surface area (Å²) in [5.41, 5.74) is -1.17. The highest BCUT2D eigenvalue weighted by Crippen LogP contribution is 2.06. The van der Waals surface area contributed by atoms with E-state index in [2.05, 4.69) is 10.6 Å². The van der Waals surface area contributed by atoms with Gasteiger partial charge in [0.15, 0.2) is 0 Å². The van der Waals surface area contributed by atoms with Gasteiger partial charge in [-0.05, 0) is 34.7 Å². The minimum Gasteiger partial charge on any atom is -0.394 e. The van der Waals surface area contributed by atoms with E-state index in [-0.39, 0.29) is 12.5 Å². The average molecular weight is 188 g/mol. The zero-order valence-electron chi connectivity index (χ0n) is 9.06. The zero-order valence-corrected chi connectivity index (χ0v) is 9.06. The van der Waals surface area contributed by atoms with Crippen LogP contribution >= 0.6 is 0 Å². The summed E-state index contributed by atoms with van der Waals surface area (Å²) >= 11 is 0. The van der Waals surface area contributed by atoms with Crippen LogP contribution in [-0.4, -0.2) is 35.7 Å². The van der Waals surface area contributed by atoms with Gasteiger partial charge in [0, 0.05) is 0 Å². The highest BCUT2D eigenvalue weighted by molar-refractivity contribution is 5.85. The molecule has 0 bridgehead atoms. The Balaban J connectivity index is 4.31. The predicted octanol–water partition coefficient (Wildman–Crippen LogP) is -0.128. The van der Waals surface area contributed by atoms with Gasteiger partial charge in [0.2, 0.25) is 5.91 Å². The van der Waals surface area contributed by atoms with E-state index in [9.17, 15) is 4.79 Å². The van der Waals surface area contributed by atoms with E-state index in [1.165, 1.54) is 0 Å². The highest BCUT2D eigenvalue weighted by Gasteiger charge is 2.29. The minimum absolute atomic E-state index is 0.0709. The van der Waals surface area contributed by atoms with Crippen molar-refractivity contribution in [3.8, 4) is 0 Å². The number of rotatable bonds is 4. The number of nitrogens with one attached hydrogen (secondary N) is 2. The van der Waals surface area contributed by atoms with Gasteiger partial charge < -0.3 is 15.7 Å². The molecule has 0 aliphatic carbocycles. The predicted molar refractivity (Wildman–Crippen MR) is 52.4 cm³/mol. The van der Waals surface area contributed by atoms with Gasteiger partial charge in [0.1, 0.15) is 0 Å². The molecule has 4 nitrogen and oxygen atoms in total. The summed E-state index contributed by atoms with van der Waals surface area (Å²) < 4.78 is 0. The van der Waals surface area contributed by atoms with Gasteiger partial charge in [0.25, 0.3) is 0 Å². The smallest absolute Gasteiger partial charge is 0.240 e. The molecule has 0 fully saturated rings. The second-order valence-corrected chi connectivity index (χ2v) is 4.37. The normalized spacial score (nSPS) is 12.8. The summed E-state index contributed by atoms with van der Waals surface area (Å²) in [5.74, 6) is -0.117. The second-order valence-electron chi connectivity index (χ2n) is 4.37. The van der Waals surface area contributed by atoms with E-state index in [1.54, 1.807) is 34.7 Å². The van der Waals surface area contributed by atoms with Gasteiger partial charge in [-0.3, -0.25) is 4.79 Å². The van der Waals surface area contributed by atoms with Crippen LogP contribution < -0.4 is 10.6 Å². The monoisotopic (exact) mass is 188 g/mol. The fraction of sp³-hybridized carbons (Fsp3) is 0.889. The van der Waals surface area contributed by atoms with Crippen LogP contribution in [0.4, 0.5) is 0 Å². The van der Waals surface area contributed by atoms with Gasteiger partial charge in [-0.15, -0.1) is 0 Å². The van der Waals surface area contributed by atoms with Gasteiger partial charge >= 0.3 is 0 Å². The van der Waals surface area contributed by atoms with Gasteiger partial charge in [-0.25, -0.2) is 0 Å². The Hall–Kier alpha value is -0.610. The SMILES string of the molecule is CNC(C)(C)C(=O)NC(C)(C)CO. The fourth-order valence-electron chi connectivity index (χ4n) is 0.617. The third kappa shape index (κ3) is 3.74. The molecule has 1 amide bonds. The molecule has 78 valence electrons. The molecule has 0 saturated carbocycles. The molecular weight excluding hydrogens is 168 g/mol. The maximum absolute atomic E-state index is 11.6. The molecule has 0 unspecified atom stereocenters. The molecule has 0 aliphatic heterocycles. The Bertz CT molecular complexity index is 188.